The van der Waals surface area contributed by atoms with E-state index < -0.39 is 15.8 Å². The van der Waals surface area contributed by atoms with Crippen LogP contribution in [0.15, 0.2) is 47.4 Å². The van der Waals surface area contributed by atoms with Crippen molar-refractivity contribution >= 4 is 27.3 Å². The number of halogens is 2. The van der Waals surface area contributed by atoms with E-state index in [1.807, 2.05) is 0 Å². The van der Waals surface area contributed by atoms with E-state index in [2.05, 4.69) is 4.72 Å². The number of nitrogens with one attached hydrogen (secondary N) is 1. The molecule has 0 fully saturated rings. The summed E-state index contributed by atoms with van der Waals surface area (Å²) < 4.78 is 39.7. The molecule has 0 bridgehead atoms. The first-order valence-electron chi connectivity index (χ1n) is 5.43. The molecule has 0 aliphatic carbocycles. The lowest BCUT2D eigenvalue weighted by Crippen LogP contribution is -2.13. The predicted molar refractivity (Wildman–Crippen MR) is 73.4 cm³/mol. The highest BCUT2D eigenvalue weighted by atomic mass is 35.5. The van der Waals surface area contributed by atoms with Crippen LogP contribution in [-0.4, -0.2) is 8.42 Å². The van der Waals surface area contributed by atoms with Crippen LogP contribution in [0.1, 0.15) is 5.56 Å². The van der Waals surface area contributed by atoms with E-state index in [0.29, 0.717) is 10.7 Å². The third-order valence-electron chi connectivity index (χ3n) is 2.54. The number of hydrogen-bond donors (Lipinski definition) is 1. The van der Waals surface area contributed by atoms with Gasteiger partial charge in [0.2, 0.25) is 0 Å². The zero-order chi connectivity index (χ0) is 14.0. The lowest BCUT2D eigenvalue weighted by Gasteiger charge is -2.09. The molecule has 2 aromatic carbocycles. The second-order valence-corrected chi connectivity index (χ2v) is 6.14. The first kappa shape index (κ1) is 13.8. The Morgan fingerprint density at radius 1 is 1.11 bits per heavy atom. The van der Waals surface area contributed by atoms with Gasteiger partial charge in [-0.3, -0.25) is 4.72 Å². The molecule has 100 valence electrons. The Balaban J connectivity index is 2.32. The molecule has 2 aromatic rings. The van der Waals surface area contributed by atoms with Gasteiger partial charge in [-0.25, -0.2) is 12.8 Å². The van der Waals surface area contributed by atoms with E-state index in [1.54, 1.807) is 24.3 Å². The van der Waals surface area contributed by atoms with E-state index >= 15 is 0 Å². The first-order chi connectivity index (χ1) is 8.88. The van der Waals surface area contributed by atoms with Crippen molar-refractivity contribution in [1.82, 2.24) is 0 Å². The molecule has 1 N–H and O–H groups in total. The lowest BCUT2D eigenvalue weighted by atomic mass is 10.2. The van der Waals surface area contributed by atoms with E-state index in [4.69, 9.17) is 11.6 Å². The molecular weight excluding hydrogens is 289 g/mol. The maximum atomic E-state index is 13.1. The highest BCUT2D eigenvalue weighted by molar-refractivity contribution is 7.92. The summed E-state index contributed by atoms with van der Waals surface area (Å²) in [6.07, 6.45) is 0. The van der Waals surface area contributed by atoms with Crippen molar-refractivity contribution in [1.29, 1.82) is 0 Å². The number of benzene rings is 2. The van der Waals surface area contributed by atoms with Crippen LogP contribution in [0.5, 0.6) is 0 Å². The van der Waals surface area contributed by atoms with Crippen molar-refractivity contribution < 1.29 is 12.8 Å². The zero-order valence-corrected chi connectivity index (χ0v) is 11.6. The van der Waals surface area contributed by atoms with Gasteiger partial charge < -0.3 is 0 Å². The van der Waals surface area contributed by atoms with Gasteiger partial charge in [0, 0.05) is 10.7 Å². The molecule has 0 saturated heterocycles. The fourth-order valence-electron chi connectivity index (χ4n) is 1.52. The Labute approximate surface area is 116 Å². The average Bonchev–Trinajstić information content (AvgIpc) is 2.35. The predicted octanol–water partition coefficient (Wildman–Crippen LogP) is 3.59. The second-order valence-electron chi connectivity index (χ2n) is 4.02. The van der Waals surface area contributed by atoms with Gasteiger partial charge in [0.15, 0.2) is 0 Å². The van der Waals surface area contributed by atoms with Crippen LogP contribution in [0.2, 0.25) is 5.02 Å². The molecule has 0 radical (unpaired) electrons. The fourth-order valence-corrected chi connectivity index (χ4v) is 2.79. The largest absolute Gasteiger partial charge is 0.280 e. The number of rotatable bonds is 3. The van der Waals surface area contributed by atoms with Gasteiger partial charge in [0.1, 0.15) is 5.82 Å². The van der Waals surface area contributed by atoms with Crippen LogP contribution in [0.3, 0.4) is 0 Å². The van der Waals surface area contributed by atoms with Gasteiger partial charge in [-0.15, -0.1) is 0 Å². The van der Waals surface area contributed by atoms with Gasteiger partial charge in [0.05, 0.1) is 4.90 Å². The van der Waals surface area contributed by atoms with E-state index in [0.717, 1.165) is 6.07 Å². The number of anilines is 1. The molecule has 0 spiro atoms. The molecule has 0 aromatic heterocycles. The smallest absolute Gasteiger partial charge is 0.261 e. The van der Waals surface area contributed by atoms with Crippen LogP contribution in [0.4, 0.5) is 10.1 Å². The maximum Gasteiger partial charge on any atom is 0.261 e. The zero-order valence-electron chi connectivity index (χ0n) is 10.0. The number of hydrogen-bond acceptors (Lipinski definition) is 2. The van der Waals surface area contributed by atoms with Gasteiger partial charge in [-0.1, -0.05) is 11.6 Å². The maximum absolute atomic E-state index is 13.1. The first-order valence-corrected chi connectivity index (χ1v) is 7.29. The van der Waals surface area contributed by atoms with E-state index in [1.165, 1.54) is 19.1 Å². The Morgan fingerprint density at radius 3 is 2.32 bits per heavy atom. The summed E-state index contributed by atoms with van der Waals surface area (Å²) in [5.41, 5.74) is 0.672. The summed E-state index contributed by atoms with van der Waals surface area (Å²) in [5, 5.41) is 0.514. The normalized spacial score (nSPS) is 11.3. The van der Waals surface area contributed by atoms with Crippen LogP contribution < -0.4 is 4.72 Å². The molecule has 6 heteroatoms. The van der Waals surface area contributed by atoms with Crippen molar-refractivity contribution in [3.05, 3.63) is 58.9 Å². The van der Waals surface area contributed by atoms with Crippen molar-refractivity contribution in [2.45, 2.75) is 11.8 Å². The minimum Gasteiger partial charge on any atom is -0.280 e. The minimum atomic E-state index is -3.73. The number of sulfonamides is 1. The van der Waals surface area contributed by atoms with Crippen LogP contribution >= 0.6 is 11.6 Å². The molecule has 0 amide bonds. The Hall–Kier alpha value is -1.59. The van der Waals surface area contributed by atoms with Crippen molar-refractivity contribution in [2.75, 3.05) is 4.72 Å². The minimum absolute atomic E-state index is 0.0151. The van der Waals surface area contributed by atoms with Crippen molar-refractivity contribution in [3.63, 3.8) is 0 Å². The molecule has 0 aliphatic heterocycles. The summed E-state index contributed by atoms with van der Waals surface area (Å²) in [5.74, 6) is -0.439. The van der Waals surface area contributed by atoms with Gasteiger partial charge in [-0.2, -0.15) is 0 Å². The third kappa shape index (κ3) is 3.24. The standard InChI is InChI=1S/C13H11ClFNO2S/c1-9-8-12(6-7-13(9)15)19(17,18)16-11-4-2-10(14)3-5-11/h2-8,16H,1H3. The monoisotopic (exact) mass is 299 g/mol. The summed E-state index contributed by atoms with van der Waals surface area (Å²) in [6, 6.07) is 9.90. The summed E-state index contributed by atoms with van der Waals surface area (Å²) in [7, 11) is -3.73. The molecule has 0 atom stereocenters. The quantitative estimate of drug-likeness (QED) is 0.941. The molecule has 19 heavy (non-hydrogen) atoms. The molecule has 0 unspecified atom stereocenters. The SMILES string of the molecule is Cc1cc(S(=O)(=O)Nc2ccc(Cl)cc2)ccc1F. The molecule has 0 heterocycles. The van der Waals surface area contributed by atoms with Crippen molar-refractivity contribution in [3.8, 4) is 0 Å². The Bertz CT molecular complexity index is 699. The Morgan fingerprint density at radius 2 is 1.74 bits per heavy atom. The van der Waals surface area contributed by atoms with Crippen LogP contribution in [-0.2, 0) is 10.0 Å². The molecule has 0 saturated carbocycles. The highest BCUT2D eigenvalue weighted by Gasteiger charge is 2.15. The highest BCUT2D eigenvalue weighted by Crippen LogP contribution is 2.19. The summed E-state index contributed by atoms with van der Waals surface area (Å²) in [6.45, 7) is 1.51. The fraction of sp³-hybridized carbons (Fsp3) is 0.0769. The van der Waals surface area contributed by atoms with Gasteiger partial charge in [-0.05, 0) is 55.0 Å². The van der Waals surface area contributed by atoms with Gasteiger partial charge in [0.25, 0.3) is 10.0 Å². The lowest BCUT2D eigenvalue weighted by molar-refractivity contribution is 0.598. The van der Waals surface area contributed by atoms with Crippen LogP contribution in [0, 0.1) is 12.7 Å². The summed E-state index contributed by atoms with van der Waals surface area (Å²) in [4.78, 5) is 0.0151. The second kappa shape index (κ2) is 5.19. The van der Waals surface area contributed by atoms with Crippen molar-refractivity contribution in [2.24, 2.45) is 0 Å². The van der Waals surface area contributed by atoms with E-state index in [9.17, 15) is 12.8 Å². The number of aryl methyl sites for hydroxylation is 1. The van der Waals surface area contributed by atoms with Gasteiger partial charge >= 0.3 is 0 Å². The molecular formula is C13H11ClFNO2S. The molecule has 2 rings (SSSR count). The van der Waals surface area contributed by atoms with Crippen LogP contribution in [0.25, 0.3) is 0 Å². The molecule has 3 nitrogen and oxygen atoms in total. The molecule has 0 aliphatic rings. The summed E-state index contributed by atoms with van der Waals surface area (Å²) >= 11 is 5.72. The topological polar surface area (TPSA) is 46.2 Å². The van der Waals surface area contributed by atoms with E-state index in [-0.39, 0.29) is 10.5 Å². The Kier molecular flexibility index (Phi) is 3.78. The average molecular weight is 300 g/mol. The third-order valence-corrected chi connectivity index (χ3v) is 4.17.